The molecule has 1 aromatic rings. The molecule has 1 rings (SSSR count). The van der Waals surface area contributed by atoms with Gasteiger partial charge in [-0.15, -0.1) is 0 Å². The molecule has 1 amide bonds. The lowest BCUT2D eigenvalue weighted by molar-refractivity contribution is 0.1000. The fraction of sp³-hybridized carbons (Fsp3) is 0.125. The first-order valence-electron chi connectivity index (χ1n) is 3.31. The van der Waals surface area contributed by atoms with Crippen LogP contribution in [0.15, 0.2) is 12.3 Å². The summed E-state index contributed by atoms with van der Waals surface area (Å²) in [6, 6.07) is 3.45. The summed E-state index contributed by atoms with van der Waals surface area (Å²) in [7, 11) is 0. The number of pyridine rings is 1. The summed E-state index contributed by atoms with van der Waals surface area (Å²) in [4.78, 5) is 14.4. The lowest BCUT2D eigenvalue weighted by Gasteiger charge is -1.97. The molecule has 2 N–H and O–H groups in total. The monoisotopic (exact) mass is 161 g/mol. The molecule has 0 spiro atoms. The summed E-state index contributed by atoms with van der Waals surface area (Å²) in [6.07, 6.45) is 1.30. The van der Waals surface area contributed by atoms with Crippen LogP contribution in [0.3, 0.4) is 0 Å². The van der Waals surface area contributed by atoms with E-state index >= 15 is 0 Å². The molecule has 60 valence electrons. The number of carbonyl (C=O) groups is 1. The zero-order chi connectivity index (χ0) is 9.14. The van der Waals surface area contributed by atoms with Crippen molar-refractivity contribution in [1.29, 1.82) is 5.26 Å². The van der Waals surface area contributed by atoms with E-state index in [0.717, 1.165) is 0 Å². The summed E-state index contributed by atoms with van der Waals surface area (Å²) in [6.45, 7) is 1.71. The van der Waals surface area contributed by atoms with Gasteiger partial charge >= 0.3 is 0 Å². The van der Waals surface area contributed by atoms with E-state index in [4.69, 9.17) is 11.0 Å². The van der Waals surface area contributed by atoms with Crippen molar-refractivity contribution in [2.45, 2.75) is 6.92 Å². The van der Waals surface area contributed by atoms with Crippen LogP contribution in [0, 0.1) is 18.3 Å². The maximum Gasteiger partial charge on any atom is 0.250 e. The molecule has 0 aromatic carbocycles. The van der Waals surface area contributed by atoms with Crippen LogP contribution in [0.4, 0.5) is 0 Å². The van der Waals surface area contributed by atoms with Gasteiger partial charge in [-0.1, -0.05) is 0 Å². The number of nitrogens with two attached hydrogens (primary N) is 1. The molecule has 12 heavy (non-hydrogen) atoms. The summed E-state index contributed by atoms with van der Waals surface area (Å²) in [5.41, 5.74) is 6.32. The van der Waals surface area contributed by atoms with Crippen molar-refractivity contribution in [3.63, 3.8) is 0 Å². The SMILES string of the molecule is Cc1cc(C(N)=O)cnc1C#N. The zero-order valence-electron chi connectivity index (χ0n) is 6.53. The lowest BCUT2D eigenvalue weighted by atomic mass is 10.1. The molecule has 0 saturated heterocycles. The highest BCUT2D eigenvalue weighted by atomic mass is 16.1. The van der Waals surface area contributed by atoms with Gasteiger partial charge in [-0.05, 0) is 18.6 Å². The first kappa shape index (κ1) is 8.21. The third-order valence-corrected chi connectivity index (χ3v) is 1.47. The highest BCUT2D eigenvalue weighted by Crippen LogP contribution is 2.05. The maximum absolute atomic E-state index is 10.7. The van der Waals surface area contributed by atoms with E-state index < -0.39 is 5.91 Å². The molecule has 0 fully saturated rings. The van der Waals surface area contributed by atoms with E-state index in [9.17, 15) is 4.79 Å². The van der Waals surface area contributed by atoms with Crippen molar-refractivity contribution in [2.75, 3.05) is 0 Å². The molecule has 0 saturated carbocycles. The van der Waals surface area contributed by atoms with Crippen molar-refractivity contribution >= 4 is 5.91 Å². The molecule has 4 nitrogen and oxygen atoms in total. The van der Waals surface area contributed by atoms with Gasteiger partial charge in [0, 0.05) is 6.20 Å². The van der Waals surface area contributed by atoms with Gasteiger partial charge < -0.3 is 5.73 Å². The van der Waals surface area contributed by atoms with Gasteiger partial charge in [0.15, 0.2) is 0 Å². The van der Waals surface area contributed by atoms with Crippen LogP contribution in [0.2, 0.25) is 0 Å². The van der Waals surface area contributed by atoms with Crippen LogP contribution in [0.25, 0.3) is 0 Å². The summed E-state index contributed by atoms with van der Waals surface area (Å²) < 4.78 is 0. The van der Waals surface area contributed by atoms with Crippen LogP contribution in [0.5, 0.6) is 0 Å². The standard InChI is InChI=1S/C8H7N3O/c1-5-2-6(8(10)12)4-11-7(5)3-9/h2,4H,1H3,(H2,10,12). The fourth-order valence-corrected chi connectivity index (χ4v) is 0.827. The predicted octanol–water partition coefficient (Wildman–Crippen LogP) is 0.361. The van der Waals surface area contributed by atoms with Gasteiger partial charge in [0.05, 0.1) is 5.56 Å². The summed E-state index contributed by atoms with van der Waals surface area (Å²) in [5.74, 6) is -0.532. The van der Waals surface area contributed by atoms with Crippen molar-refractivity contribution in [3.8, 4) is 6.07 Å². The number of hydrogen-bond donors (Lipinski definition) is 1. The first-order chi connectivity index (χ1) is 5.65. The van der Waals surface area contributed by atoms with Gasteiger partial charge in [-0.25, -0.2) is 4.98 Å². The van der Waals surface area contributed by atoms with E-state index in [2.05, 4.69) is 4.98 Å². The van der Waals surface area contributed by atoms with E-state index in [1.165, 1.54) is 6.20 Å². The Bertz CT molecular complexity index is 365. The van der Waals surface area contributed by atoms with Crippen LogP contribution < -0.4 is 5.73 Å². The zero-order valence-corrected chi connectivity index (χ0v) is 6.53. The normalized spacial score (nSPS) is 9.00. The Morgan fingerprint density at radius 3 is 2.83 bits per heavy atom. The molecule has 0 aliphatic rings. The number of amides is 1. The van der Waals surface area contributed by atoms with Crippen molar-refractivity contribution < 1.29 is 4.79 Å². The Balaban J connectivity index is 3.21. The summed E-state index contributed by atoms with van der Waals surface area (Å²) in [5, 5.41) is 8.52. The molecular weight excluding hydrogens is 154 g/mol. The largest absolute Gasteiger partial charge is 0.366 e. The highest BCUT2D eigenvalue weighted by molar-refractivity contribution is 5.92. The van der Waals surface area contributed by atoms with Gasteiger partial charge in [0.1, 0.15) is 11.8 Å². The summed E-state index contributed by atoms with van der Waals surface area (Å²) >= 11 is 0. The third-order valence-electron chi connectivity index (χ3n) is 1.47. The maximum atomic E-state index is 10.7. The number of primary amides is 1. The van der Waals surface area contributed by atoms with Crippen LogP contribution in [-0.2, 0) is 0 Å². The fourth-order valence-electron chi connectivity index (χ4n) is 0.827. The van der Waals surface area contributed by atoms with Gasteiger partial charge in [0.25, 0.3) is 0 Å². The Kier molecular flexibility index (Phi) is 2.06. The highest BCUT2D eigenvalue weighted by Gasteiger charge is 2.03. The first-order valence-corrected chi connectivity index (χ1v) is 3.31. The molecule has 0 atom stereocenters. The molecule has 0 bridgehead atoms. The number of aryl methyl sites for hydroxylation is 1. The van der Waals surface area contributed by atoms with Crippen LogP contribution >= 0.6 is 0 Å². The Morgan fingerprint density at radius 2 is 2.42 bits per heavy atom. The topological polar surface area (TPSA) is 79.8 Å². The molecule has 4 heteroatoms. The minimum atomic E-state index is -0.532. The second-order valence-electron chi connectivity index (χ2n) is 2.37. The smallest absolute Gasteiger partial charge is 0.250 e. The van der Waals surface area contributed by atoms with E-state index in [1.807, 2.05) is 6.07 Å². The van der Waals surface area contributed by atoms with E-state index in [1.54, 1.807) is 13.0 Å². The van der Waals surface area contributed by atoms with E-state index in [-0.39, 0.29) is 0 Å². The molecule has 0 radical (unpaired) electrons. The number of nitriles is 1. The molecule has 1 heterocycles. The molecule has 0 aliphatic heterocycles. The number of carbonyl (C=O) groups excluding carboxylic acids is 1. The second-order valence-corrected chi connectivity index (χ2v) is 2.37. The number of hydrogen-bond acceptors (Lipinski definition) is 3. The predicted molar refractivity (Wildman–Crippen MR) is 42.2 cm³/mol. The van der Waals surface area contributed by atoms with Crippen molar-refractivity contribution in [3.05, 3.63) is 29.1 Å². The Hall–Kier alpha value is -1.89. The molecular formula is C8H7N3O. The Morgan fingerprint density at radius 1 is 1.75 bits per heavy atom. The van der Waals surface area contributed by atoms with E-state index in [0.29, 0.717) is 16.8 Å². The van der Waals surface area contributed by atoms with Crippen molar-refractivity contribution in [1.82, 2.24) is 4.98 Å². The molecule has 1 aromatic heterocycles. The minimum Gasteiger partial charge on any atom is -0.366 e. The van der Waals surface area contributed by atoms with Crippen LogP contribution in [-0.4, -0.2) is 10.9 Å². The number of aromatic nitrogens is 1. The minimum absolute atomic E-state index is 0.319. The number of rotatable bonds is 1. The lowest BCUT2D eigenvalue weighted by Crippen LogP contribution is -2.11. The number of nitrogens with zero attached hydrogens (tertiary/aromatic N) is 2. The average Bonchev–Trinajstić information content (AvgIpc) is 2.04. The Labute approximate surface area is 69.6 Å². The van der Waals surface area contributed by atoms with Gasteiger partial charge in [0.2, 0.25) is 5.91 Å². The van der Waals surface area contributed by atoms with Crippen molar-refractivity contribution in [2.24, 2.45) is 5.73 Å². The quantitative estimate of drug-likeness (QED) is 0.645. The van der Waals surface area contributed by atoms with Crippen LogP contribution in [0.1, 0.15) is 21.6 Å². The third kappa shape index (κ3) is 1.40. The van der Waals surface area contributed by atoms with Gasteiger partial charge in [-0.2, -0.15) is 5.26 Å². The second kappa shape index (κ2) is 3.01. The molecule has 0 aliphatic carbocycles. The average molecular weight is 161 g/mol. The van der Waals surface area contributed by atoms with Gasteiger partial charge in [-0.3, -0.25) is 4.79 Å². The molecule has 0 unspecified atom stereocenters.